The molecule has 6 unspecified atom stereocenters. The van der Waals surface area contributed by atoms with Gasteiger partial charge in [0.05, 0.1) is 17.9 Å². The summed E-state index contributed by atoms with van der Waals surface area (Å²) < 4.78 is 0. The smallest absolute Gasteiger partial charge is 0.326 e. The Kier molecular flexibility index (Phi) is 7.18. The zero-order chi connectivity index (χ0) is 28.3. The van der Waals surface area contributed by atoms with Gasteiger partial charge in [-0.1, -0.05) is 24.6 Å². The molecule has 11 heteroatoms. The van der Waals surface area contributed by atoms with Gasteiger partial charge in [-0.05, 0) is 74.2 Å². The number of carboxylic acid groups (broad SMARTS) is 1. The van der Waals surface area contributed by atoms with Crippen LogP contribution in [0.1, 0.15) is 65.2 Å². The van der Waals surface area contributed by atoms with Crippen LogP contribution in [0.3, 0.4) is 0 Å². The number of hydrogen-bond donors (Lipinski definition) is 5. The maximum atomic E-state index is 12.6. The van der Waals surface area contributed by atoms with E-state index in [4.69, 9.17) is 4.84 Å². The van der Waals surface area contributed by atoms with Crippen LogP contribution < -0.4 is 0 Å². The molecule has 4 aliphatic carbocycles. The Labute approximate surface area is 227 Å². The molecule has 0 aromatic rings. The Morgan fingerprint density at radius 2 is 1.90 bits per heavy atom. The van der Waals surface area contributed by atoms with Crippen LogP contribution in [0.15, 0.2) is 16.8 Å². The van der Waals surface area contributed by atoms with Gasteiger partial charge in [-0.2, -0.15) is 0 Å². The first-order chi connectivity index (χ1) is 18.4. The first-order valence-corrected chi connectivity index (χ1v) is 14.0. The number of hydrogen-bond acceptors (Lipinski definition) is 9. The minimum Gasteiger partial charge on any atom is -0.480 e. The van der Waals surface area contributed by atoms with Gasteiger partial charge in [0.2, 0.25) is 0 Å². The van der Waals surface area contributed by atoms with Gasteiger partial charge in [-0.15, -0.1) is 0 Å². The average Bonchev–Trinajstić information content (AvgIpc) is 3.41. The maximum Gasteiger partial charge on any atom is 0.326 e. The molecule has 1 heterocycles. The SMILES string of the molecule is C[C@]12CCC(=NOCC(=O)N3CC(O)CC3C(=O)O)C=C1CCC1C2C(O)C[C@@]2(C)C1CC[C@]2(O)C(=O)CO. The Balaban J connectivity index is 1.29. The molecule has 0 radical (unpaired) electrons. The second kappa shape index (κ2) is 9.94. The molecular weight excluding hydrogens is 508 g/mol. The third-order valence-electron chi connectivity index (χ3n) is 10.9. The number of β-amino-alcohol motifs (C(OH)–C–C–N with tert-alkyl or cyclic N) is 1. The van der Waals surface area contributed by atoms with Crippen molar-refractivity contribution in [2.75, 3.05) is 19.8 Å². The lowest BCUT2D eigenvalue weighted by Gasteiger charge is -2.60. The van der Waals surface area contributed by atoms with E-state index in [1.54, 1.807) is 0 Å². The first-order valence-electron chi connectivity index (χ1n) is 14.0. The van der Waals surface area contributed by atoms with Gasteiger partial charge < -0.3 is 35.3 Å². The maximum absolute atomic E-state index is 12.6. The number of oxime groups is 1. The molecule has 1 saturated heterocycles. The van der Waals surface area contributed by atoms with Crippen LogP contribution in [0.2, 0.25) is 0 Å². The number of aliphatic carboxylic acids is 1. The quantitative estimate of drug-likeness (QED) is 0.298. The van der Waals surface area contributed by atoms with E-state index >= 15 is 0 Å². The van der Waals surface area contributed by atoms with Crippen LogP contribution in [-0.2, 0) is 19.2 Å². The van der Waals surface area contributed by atoms with Crippen molar-refractivity contribution in [1.29, 1.82) is 0 Å². The summed E-state index contributed by atoms with van der Waals surface area (Å²) in [6, 6.07) is -1.07. The number of allylic oxidation sites excluding steroid dienone is 2. The van der Waals surface area contributed by atoms with E-state index in [0.717, 1.165) is 24.2 Å². The summed E-state index contributed by atoms with van der Waals surface area (Å²) in [7, 11) is 0. The van der Waals surface area contributed by atoms with Crippen molar-refractivity contribution in [3.05, 3.63) is 11.6 Å². The number of likely N-dealkylation sites (tertiary alicyclic amines) is 1. The largest absolute Gasteiger partial charge is 0.480 e. The molecule has 39 heavy (non-hydrogen) atoms. The highest BCUT2D eigenvalue weighted by molar-refractivity contribution is 5.96. The predicted molar refractivity (Wildman–Crippen MR) is 137 cm³/mol. The molecule has 0 aromatic heterocycles. The van der Waals surface area contributed by atoms with E-state index in [0.29, 0.717) is 31.4 Å². The third kappa shape index (κ3) is 4.32. The topological polar surface area (TPSA) is 177 Å². The molecule has 0 aromatic carbocycles. The van der Waals surface area contributed by atoms with E-state index in [1.165, 1.54) is 5.57 Å². The normalized spacial score (nSPS) is 44.3. The Bertz CT molecular complexity index is 1110. The number of ketones is 1. The number of amides is 1. The molecule has 11 nitrogen and oxygen atoms in total. The van der Waals surface area contributed by atoms with E-state index in [9.17, 15) is 39.9 Å². The minimum absolute atomic E-state index is 0.00861. The van der Waals surface area contributed by atoms with Crippen LogP contribution in [0.4, 0.5) is 0 Å². The number of aliphatic hydroxyl groups is 4. The number of Topliss-reactive ketones (excluding diaryl/α,β-unsaturated/α-hetero) is 1. The van der Waals surface area contributed by atoms with Crippen molar-refractivity contribution in [3.63, 3.8) is 0 Å². The number of nitrogens with zero attached hydrogens (tertiary/aromatic N) is 2. The van der Waals surface area contributed by atoms with Gasteiger partial charge in [0.25, 0.3) is 5.91 Å². The molecule has 216 valence electrons. The fourth-order valence-corrected chi connectivity index (χ4v) is 8.94. The average molecular weight is 549 g/mol. The fourth-order valence-electron chi connectivity index (χ4n) is 8.94. The highest BCUT2D eigenvalue weighted by Crippen LogP contribution is 2.67. The number of carbonyl (C=O) groups excluding carboxylic acids is 2. The number of carboxylic acids is 1. The van der Waals surface area contributed by atoms with Crippen molar-refractivity contribution in [3.8, 4) is 0 Å². The second-order valence-corrected chi connectivity index (χ2v) is 12.7. The number of aliphatic hydroxyl groups excluding tert-OH is 3. The van der Waals surface area contributed by atoms with Gasteiger partial charge in [0.1, 0.15) is 18.2 Å². The lowest BCUT2D eigenvalue weighted by molar-refractivity contribution is -0.181. The van der Waals surface area contributed by atoms with Crippen molar-refractivity contribution in [2.45, 2.75) is 89.1 Å². The Morgan fingerprint density at radius 1 is 1.15 bits per heavy atom. The summed E-state index contributed by atoms with van der Waals surface area (Å²) in [5, 5.41) is 55.6. The number of carbonyl (C=O) groups is 3. The Hall–Kier alpha value is -2.34. The van der Waals surface area contributed by atoms with Crippen LogP contribution in [0, 0.1) is 28.6 Å². The molecule has 5 N–H and O–H groups in total. The first kappa shape index (κ1) is 28.2. The van der Waals surface area contributed by atoms with Crippen molar-refractivity contribution < 1.29 is 44.8 Å². The van der Waals surface area contributed by atoms with E-state index in [2.05, 4.69) is 12.1 Å². The molecule has 1 amide bonds. The van der Waals surface area contributed by atoms with Crippen molar-refractivity contribution in [2.24, 2.45) is 33.7 Å². The minimum atomic E-state index is -1.62. The summed E-state index contributed by atoms with van der Waals surface area (Å²) in [6.07, 6.45) is 4.61. The van der Waals surface area contributed by atoms with Crippen LogP contribution in [0.25, 0.3) is 0 Å². The summed E-state index contributed by atoms with van der Waals surface area (Å²) in [5.41, 5.74) is -0.824. The lowest BCUT2D eigenvalue weighted by atomic mass is 9.45. The molecule has 0 spiro atoms. The molecule has 5 rings (SSSR count). The van der Waals surface area contributed by atoms with Gasteiger partial charge in [-0.25, -0.2) is 4.79 Å². The zero-order valence-electron chi connectivity index (χ0n) is 22.6. The standard InChI is InChI=1S/C28H40N2O9/c1-26-7-5-16(29-39-14-23(35)30-12-17(32)10-20(30)25(36)37)9-15(26)3-4-18-19-6-8-28(38,22(34)13-31)27(19,2)11-21(33)24(18)26/h9,17-21,24,31-33,38H,3-8,10-14H2,1-2H3,(H,36,37)/t17?,18?,19?,20?,21?,24?,26-,27-,28-/m0/s1. The molecule has 1 aliphatic heterocycles. The van der Waals surface area contributed by atoms with E-state index in [-0.39, 0.29) is 36.1 Å². The van der Waals surface area contributed by atoms with Crippen LogP contribution in [-0.4, -0.2) is 97.4 Å². The fraction of sp³-hybridized carbons (Fsp3) is 0.786. The zero-order valence-corrected chi connectivity index (χ0v) is 22.6. The molecular formula is C28H40N2O9. The monoisotopic (exact) mass is 548 g/mol. The van der Waals surface area contributed by atoms with Crippen molar-refractivity contribution in [1.82, 2.24) is 4.90 Å². The van der Waals surface area contributed by atoms with Gasteiger partial charge in [0, 0.05) is 18.4 Å². The van der Waals surface area contributed by atoms with E-state index in [1.807, 2.05) is 13.0 Å². The second-order valence-electron chi connectivity index (χ2n) is 12.7. The van der Waals surface area contributed by atoms with Crippen LogP contribution in [0.5, 0.6) is 0 Å². The molecule has 5 aliphatic rings. The molecule has 0 bridgehead atoms. The van der Waals surface area contributed by atoms with Crippen molar-refractivity contribution >= 4 is 23.4 Å². The van der Waals surface area contributed by atoms with E-state index < -0.39 is 60.1 Å². The number of fused-ring (bicyclic) bond motifs is 5. The summed E-state index contributed by atoms with van der Waals surface area (Å²) >= 11 is 0. The summed E-state index contributed by atoms with van der Waals surface area (Å²) in [4.78, 5) is 42.9. The molecule has 3 saturated carbocycles. The molecule has 9 atom stereocenters. The van der Waals surface area contributed by atoms with Gasteiger partial charge in [0.15, 0.2) is 12.4 Å². The Morgan fingerprint density at radius 3 is 2.59 bits per heavy atom. The van der Waals surface area contributed by atoms with Crippen LogP contribution >= 0.6 is 0 Å². The lowest BCUT2D eigenvalue weighted by Crippen LogP contribution is -2.62. The number of rotatable bonds is 6. The predicted octanol–water partition coefficient (Wildman–Crippen LogP) is 0.631. The third-order valence-corrected chi connectivity index (χ3v) is 10.9. The van der Waals surface area contributed by atoms with Gasteiger partial charge >= 0.3 is 5.97 Å². The highest BCUT2D eigenvalue weighted by atomic mass is 16.6. The summed E-state index contributed by atoms with van der Waals surface area (Å²) in [5.74, 6) is -2.06. The summed E-state index contributed by atoms with van der Waals surface area (Å²) in [6.45, 7) is 2.91. The highest BCUT2D eigenvalue weighted by Gasteiger charge is 2.68. The van der Waals surface area contributed by atoms with Gasteiger partial charge in [-0.3, -0.25) is 9.59 Å². The molecule has 4 fully saturated rings.